The van der Waals surface area contributed by atoms with Gasteiger partial charge in [-0.05, 0) is 98.8 Å². The number of ketones is 1. The summed E-state index contributed by atoms with van der Waals surface area (Å²) in [6.45, 7) is 14.9. The number of piperidine rings is 1. The Balaban J connectivity index is 1.87. The Hall–Kier alpha value is -4.67. The van der Waals surface area contributed by atoms with Gasteiger partial charge in [-0.3, -0.25) is 9.59 Å². The molecule has 3 rings (SSSR count). The van der Waals surface area contributed by atoms with Gasteiger partial charge < -0.3 is 28.6 Å². The van der Waals surface area contributed by atoms with Crippen LogP contribution in [0.25, 0.3) is 0 Å². The number of aryl methyl sites for hydroxylation is 1. The Labute approximate surface area is 307 Å². The highest BCUT2D eigenvalue weighted by molar-refractivity contribution is 6.38. The molecule has 52 heavy (non-hydrogen) atoms. The molecule has 1 amide bonds. The number of ether oxygens (including phenoxy) is 5. The molecule has 0 aliphatic carbocycles. The first-order valence-corrected chi connectivity index (χ1v) is 17.8. The van der Waals surface area contributed by atoms with Gasteiger partial charge in [0.25, 0.3) is 5.91 Å². The van der Waals surface area contributed by atoms with Crippen LogP contribution < -0.4 is 14.2 Å². The summed E-state index contributed by atoms with van der Waals surface area (Å²) in [7, 11) is 3.08. The molecule has 2 aromatic rings. The van der Waals surface area contributed by atoms with Gasteiger partial charge in [0.15, 0.2) is 11.5 Å². The van der Waals surface area contributed by atoms with Crippen molar-refractivity contribution in [3.05, 3.63) is 77.6 Å². The van der Waals surface area contributed by atoms with E-state index < -0.39 is 47.0 Å². The van der Waals surface area contributed by atoms with E-state index in [1.54, 1.807) is 25.3 Å². The van der Waals surface area contributed by atoms with Crippen molar-refractivity contribution in [1.29, 1.82) is 0 Å². The second-order valence-corrected chi connectivity index (χ2v) is 14.4. The van der Waals surface area contributed by atoms with Crippen LogP contribution in [0.15, 0.2) is 60.7 Å². The Morgan fingerprint density at radius 2 is 1.71 bits per heavy atom. The zero-order valence-electron chi connectivity index (χ0n) is 31.8. The molecule has 0 spiro atoms. The van der Waals surface area contributed by atoms with Crippen LogP contribution in [-0.2, 0) is 35.1 Å². The molecule has 1 saturated heterocycles. The highest BCUT2D eigenvalue weighted by Crippen LogP contribution is 2.33. The summed E-state index contributed by atoms with van der Waals surface area (Å²) in [6.07, 6.45) is 4.21. The fourth-order valence-corrected chi connectivity index (χ4v) is 5.52. The highest BCUT2D eigenvalue weighted by Gasteiger charge is 2.42. The van der Waals surface area contributed by atoms with E-state index in [9.17, 15) is 19.2 Å². The normalized spacial score (nSPS) is 15.4. The van der Waals surface area contributed by atoms with Gasteiger partial charge in [-0.1, -0.05) is 46.4 Å². The van der Waals surface area contributed by atoms with Crippen LogP contribution in [0.4, 0.5) is 4.39 Å². The molecule has 2 atom stereocenters. The van der Waals surface area contributed by atoms with Crippen LogP contribution >= 0.6 is 0 Å². The third-order valence-electron chi connectivity index (χ3n) is 8.94. The van der Waals surface area contributed by atoms with Gasteiger partial charge in [0.2, 0.25) is 5.78 Å². The maximum atomic E-state index is 15.1. The third kappa shape index (κ3) is 12.0. The van der Waals surface area contributed by atoms with Crippen molar-refractivity contribution in [3.63, 3.8) is 0 Å². The molecule has 0 aromatic heterocycles. The predicted octanol–water partition coefficient (Wildman–Crippen LogP) is 7.38. The van der Waals surface area contributed by atoms with Gasteiger partial charge in [0, 0.05) is 18.7 Å². The minimum atomic E-state index is -1.34. The smallest absolute Gasteiger partial charge is 0.330 e. The van der Waals surface area contributed by atoms with E-state index in [0.29, 0.717) is 36.3 Å². The number of hydrogen-bond donors (Lipinski definition) is 0. The number of amides is 1. The predicted molar refractivity (Wildman–Crippen MR) is 196 cm³/mol. The number of nitrogens with zero attached hydrogens (tertiary/aromatic N) is 1. The fraction of sp³-hybridized carbons (Fsp3) is 0.512. The number of carbonyl (C=O) groups excluding carboxylic acids is 4. The lowest BCUT2D eigenvalue weighted by Crippen LogP contribution is -2.53. The quantitative estimate of drug-likeness (QED) is 0.0672. The molecule has 0 bridgehead atoms. The van der Waals surface area contributed by atoms with Crippen molar-refractivity contribution in [2.75, 3.05) is 34.0 Å². The molecular weight excluding hydrogens is 669 g/mol. The van der Waals surface area contributed by atoms with Crippen LogP contribution in [-0.4, -0.2) is 68.5 Å². The summed E-state index contributed by atoms with van der Waals surface area (Å²) in [5, 5.41) is 0. The van der Waals surface area contributed by atoms with Crippen molar-refractivity contribution in [3.8, 4) is 17.2 Å². The third-order valence-corrected chi connectivity index (χ3v) is 8.94. The minimum absolute atomic E-state index is 0.136. The van der Waals surface area contributed by atoms with Gasteiger partial charge in [-0.2, -0.15) is 0 Å². The number of Topliss-reactive ketones (excluding diaryl/α,β-unsaturated/α-hetero) is 1. The van der Waals surface area contributed by atoms with Crippen LogP contribution in [0.5, 0.6) is 17.2 Å². The second kappa shape index (κ2) is 19.2. The summed E-state index contributed by atoms with van der Waals surface area (Å²) in [4.78, 5) is 54.6. The van der Waals surface area contributed by atoms with E-state index in [-0.39, 0.29) is 50.2 Å². The van der Waals surface area contributed by atoms with E-state index in [0.717, 1.165) is 11.1 Å². The van der Waals surface area contributed by atoms with Crippen LogP contribution in [0, 0.1) is 23.1 Å². The van der Waals surface area contributed by atoms with E-state index in [2.05, 4.69) is 6.58 Å². The standard InChI is InChI=1S/C41H54FNO9/c1-26(2)13-18-37(44)51-25-41(6,7)38(45)39(46)43-19-11-10-12-33(43)40(47)52-34(16-14-29-15-17-35(48-8)36(20-29)49-9)30-21-31(42)23-32(22-30)50-24-28(5)27(3)4/h13,15,17-18,20-23,26-27,33-34H,5,10-12,14,16,19,24-25H2,1-4,6-9H3/b18-13-/t33-,34-/m1/s1. The maximum absolute atomic E-state index is 15.1. The Morgan fingerprint density at radius 3 is 2.37 bits per heavy atom. The number of methoxy groups -OCH3 is 2. The topological polar surface area (TPSA) is 118 Å². The molecule has 1 aliphatic rings. The van der Waals surface area contributed by atoms with Crippen molar-refractivity contribution >= 4 is 23.6 Å². The number of halogens is 1. The number of rotatable bonds is 18. The van der Waals surface area contributed by atoms with Gasteiger partial charge in [0.05, 0.1) is 19.6 Å². The minimum Gasteiger partial charge on any atom is -0.493 e. The monoisotopic (exact) mass is 723 g/mol. The fourth-order valence-electron chi connectivity index (χ4n) is 5.52. The molecule has 0 radical (unpaired) electrons. The molecule has 0 saturated carbocycles. The summed E-state index contributed by atoms with van der Waals surface area (Å²) in [5.74, 6) is -1.88. The molecule has 10 nitrogen and oxygen atoms in total. The molecule has 0 N–H and O–H groups in total. The van der Waals surface area contributed by atoms with Crippen molar-refractivity contribution < 1.29 is 47.3 Å². The molecule has 2 aromatic carbocycles. The average molecular weight is 724 g/mol. The van der Waals surface area contributed by atoms with Crippen LogP contribution in [0.1, 0.15) is 84.5 Å². The number of benzene rings is 2. The molecule has 1 aliphatic heterocycles. The first-order valence-electron chi connectivity index (χ1n) is 17.8. The zero-order chi connectivity index (χ0) is 38.6. The average Bonchev–Trinajstić information content (AvgIpc) is 3.12. The van der Waals surface area contributed by atoms with E-state index >= 15 is 4.39 Å². The Kier molecular flexibility index (Phi) is 15.5. The largest absolute Gasteiger partial charge is 0.493 e. The van der Waals surface area contributed by atoms with E-state index in [4.69, 9.17) is 23.7 Å². The first kappa shape index (κ1) is 41.7. The number of carbonyl (C=O) groups is 4. The van der Waals surface area contributed by atoms with E-state index in [1.165, 1.54) is 44.1 Å². The molecule has 1 fully saturated rings. The second-order valence-electron chi connectivity index (χ2n) is 14.4. The van der Waals surface area contributed by atoms with Crippen LogP contribution in [0.3, 0.4) is 0 Å². The van der Waals surface area contributed by atoms with Crippen molar-refractivity contribution in [2.45, 2.75) is 85.8 Å². The van der Waals surface area contributed by atoms with Crippen LogP contribution in [0.2, 0.25) is 0 Å². The molecule has 0 unspecified atom stereocenters. The maximum Gasteiger partial charge on any atom is 0.330 e. The van der Waals surface area contributed by atoms with E-state index in [1.807, 2.05) is 39.8 Å². The van der Waals surface area contributed by atoms with Gasteiger partial charge in [0.1, 0.15) is 36.9 Å². The highest BCUT2D eigenvalue weighted by atomic mass is 19.1. The van der Waals surface area contributed by atoms with Gasteiger partial charge in [-0.15, -0.1) is 0 Å². The summed E-state index contributed by atoms with van der Waals surface area (Å²) >= 11 is 0. The van der Waals surface area contributed by atoms with Crippen molar-refractivity contribution in [1.82, 2.24) is 4.90 Å². The molecule has 11 heteroatoms. The SMILES string of the molecule is C=C(COc1cc(F)cc([C@@H](CCc2ccc(OC)c(OC)c2)OC(=O)[C@H]2CCCCN2C(=O)C(=O)C(C)(C)COC(=O)/C=C\C(C)C)c1)C(C)C. The Morgan fingerprint density at radius 1 is 1.00 bits per heavy atom. The number of allylic oxidation sites excluding steroid dienone is 1. The van der Waals surface area contributed by atoms with Crippen molar-refractivity contribution in [2.24, 2.45) is 17.3 Å². The molecule has 1 heterocycles. The Bertz CT molecular complexity index is 1610. The zero-order valence-corrected chi connectivity index (χ0v) is 31.8. The lowest BCUT2D eigenvalue weighted by Gasteiger charge is -2.36. The first-order chi connectivity index (χ1) is 24.6. The number of esters is 2. The van der Waals surface area contributed by atoms with Gasteiger partial charge >= 0.3 is 11.9 Å². The number of likely N-dealkylation sites (tertiary alicyclic amines) is 1. The van der Waals surface area contributed by atoms with Gasteiger partial charge in [-0.25, -0.2) is 14.0 Å². The molecular formula is C41H54FNO9. The lowest BCUT2D eigenvalue weighted by molar-refractivity contribution is -0.165. The summed E-state index contributed by atoms with van der Waals surface area (Å²) < 4.78 is 43.2. The lowest BCUT2D eigenvalue weighted by atomic mass is 9.87. The summed E-state index contributed by atoms with van der Waals surface area (Å²) in [5.41, 5.74) is 0.731. The molecule has 284 valence electrons. The summed E-state index contributed by atoms with van der Waals surface area (Å²) in [6, 6.07) is 8.61. The number of hydrogen-bond acceptors (Lipinski definition) is 9.